The van der Waals surface area contributed by atoms with E-state index >= 15 is 0 Å². The molecule has 0 spiro atoms. The topological polar surface area (TPSA) is 80.3 Å². The maximum atomic E-state index is 8.60. The minimum atomic E-state index is 0.0449. The van der Waals surface area contributed by atoms with Gasteiger partial charge in [-0.3, -0.25) is 0 Å². The largest absolute Gasteiger partial charge is 0.409 e. The van der Waals surface area contributed by atoms with Crippen molar-refractivity contribution in [1.29, 1.82) is 0 Å². The van der Waals surface area contributed by atoms with Gasteiger partial charge in [0.1, 0.15) is 5.84 Å². The van der Waals surface area contributed by atoms with Gasteiger partial charge in [-0.25, -0.2) is 0 Å². The summed E-state index contributed by atoms with van der Waals surface area (Å²) >= 11 is 0. The second-order valence-electron chi connectivity index (χ2n) is 4.28. The molecule has 18 heavy (non-hydrogen) atoms. The van der Waals surface area contributed by atoms with Crippen LogP contribution in [-0.4, -0.2) is 62.5 Å². The maximum absolute atomic E-state index is 8.60. The average molecular weight is 261 g/mol. The highest BCUT2D eigenvalue weighted by Crippen LogP contribution is 2.00. The van der Waals surface area contributed by atoms with E-state index in [0.717, 1.165) is 39.3 Å². The lowest BCUT2D eigenvalue weighted by atomic mass is 10.1. The molecular weight excluding hydrogens is 234 g/mol. The van der Waals surface area contributed by atoms with Gasteiger partial charge in [0, 0.05) is 39.3 Å². The van der Waals surface area contributed by atoms with Crippen LogP contribution in [0.15, 0.2) is 5.16 Å². The Balaban J connectivity index is 3.70. The number of likely N-dealkylation sites (N-methyl/N-ethyl adjacent to an activating group) is 1. The Kier molecular flexibility index (Phi) is 10.7. The molecular formula is C12H27N3O3. The predicted molar refractivity (Wildman–Crippen MR) is 72.0 cm³/mol. The van der Waals surface area contributed by atoms with Crippen LogP contribution in [0.4, 0.5) is 0 Å². The molecule has 108 valence electrons. The van der Waals surface area contributed by atoms with Crippen LogP contribution in [0.2, 0.25) is 0 Å². The van der Waals surface area contributed by atoms with Crippen LogP contribution < -0.4 is 5.73 Å². The SMILES string of the molecule is CCN(CCOCCCOC)CC(C)C(N)=NO. The minimum absolute atomic E-state index is 0.0449. The predicted octanol–water partition coefficient (Wildman–Crippen LogP) is 0.744. The smallest absolute Gasteiger partial charge is 0.143 e. The van der Waals surface area contributed by atoms with Gasteiger partial charge in [-0.2, -0.15) is 0 Å². The van der Waals surface area contributed by atoms with Crippen LogP contribution >= 0.6 is 0 Å². The standard InChI is InChI=1S/C12H27N3O3/c1-4-15(10-11(2)12(13)14-16)6-9-18-8-5-7-17-3/h11,16H,4-10H2,1-3H3,(H2,13,14). The third kappa shape index (κ3) is 8.27. The first-order valence-electron chi connectivity index (χ1n) is 6.42. The third-order valence-corrected chi connectivity index (χ3v) is 2.79. The molecule has 0 bridgehead atoms. The normalized spacial score (nSPS) is 14.1. The zero-order valence-corrected chi connectivity index (χ0v) is 11.8. The number of ether oxygens (including phenoxy) is 2. The molecule has 6 nitrogen and oxygen atoms in total. The number of rotatable bonds is 11. The molecule has 0 saturated carbocycles. The molecule has 0 aromatic heterocycles. The lowest BCUT2D eigenvalue weighted by molar-refractivity contribution is 0.0834. The van der Waals surface area contributed by atoms with Gasteiger partial charge >= 0.3 is 0 Å². The minimum Gasteiger partial charge on any atom is -0.409 e. The zero-order valence-electron chi connectivity index (χ0n) is 11.8. The molecule has 1 atom stereocenters. The highest BCUT2D eigenvalue weighted by Gasteiger charge is 2.12. The molecule has 0 rings (SSSR count). The third-order valence-electron chi connectivity index (χ3n) is 2.79. The van der Waals surface area contributed by atoms with Crippen molar-refractivity contribution in [2.75, 3.05) is 46.6 Å². The molecule has 0 aliphatic carbocycles. The Morgan fingerprint density at radius 3 is 2.67 bits per heavy atom. The van der Waals surface area contributed by atoms with E-state index in [9.17, 15) is 0 Å². The van der Waals surface area contributed by atoms with Crippen molar-refractivity contribution in [3.05, 3.63) is 0 Å². The number of hydrogen-bond acceptors (Lipinski definition) is 5. The first kappa shape index (κ1) is 17.2. The summed E-state index contributed by atoms with van der Waals surface area (Å²) in [5.41, 5.74) is 5.56. The van der Waals surface area contributed by atoms with Gasteiger partial charge < -0.3 is 25.3 Å². The van der Waals surface area contributed by atoms with Crippen molar-refractivity contribution >= 4 is 5.84 Å². The van der Waals surface area contributed by atoms with Crippen molar-refractivity contribution in [2.24, 2.45) is 16.8 Å². The molecule has 0 aliphatic rings. The van der Waals surface area contributed by atoms with Crippen molar-refractivity contribution in [3.63, 3.8) is 0 Å². The molecule has 0 saturated heterocycles. The molecule has 0 aromatic carbocycles. The van der Waals surface area contributed by atoms with Crippen molar-refractivity contribution in [2.45, 2.75) is 20.3 Å². The summed E-state index contributed by atoms with van der Waals surface area (Å²) in [5.74, 6) is 0.318. The van der Waals surface area contributed by atoms with Gasteiger partial charge in [0.05, 0.1) is 6.61 Å². The number of methoxy groups -OCH3 is 1. The summed E-state index contributed by atoms with van der Waals surface area (Å²) in [5, 5.41) is 11.6. The van der Waals surface area contributed by atoms with Crippen molar-refractivity contribution < 1.29 is 14.7 Å². The molecule has 1 unspecified atom stereocenters. The summed E-state index contributed by atoms with van der Waals surface area (Å²) in [6.07, 6.45) is 0.920. The fourth-order valence-corrected chi connectivity index (χ4v) is 1.56. The number of hydrogen-bond donors (Lipinski definition) is 2. The lowest BCUT2D eigenvalue weighted by Gasteiger charge is -2.23. The van der Waals surface area contributed by atoms with E-state index in [4.69, 9.17) is 20.4 Å². The van der Waals surface area contributed by atoms with Gasteiger partial charge in [-0.1, -0.05) is 19.0 Å². The maximum Gasteiger partial charge on any atom is 0.143 e. The van der Waals surface area contributed by atoms with Crippen molar-refractivity contribution in [3.8, 4) is 0 Å². The first-order chi connectivity index (χ1) is 8.65. The Bertz CT molecular complexity index is 225. The van der Waals surface area contributed by atoms with Gasteiger partial charge in [0.25, 0.3) is 0 Å². The zero-order chi connectivity index (χ0) is 13.8. The average Bonchev–Trinajstić information content (AvgIpc) is 2.39. The molecule has 3 N–H and O–H groups in total. The highest BCUT2D eigenvalue weighted by atomic mass is 16.5. The van der Waals surface area contributed by atoms with E-state index < -0.39 is 0 Å². The fourth-order valence-electron chi connectivity index (χ4n) is 1.56. The molecule has 0 amide bonds. The Labute approximate surface area is 110 Å². The van der Waals surface area contributed by atoms with E-state index in [2.05, 4.69) is 17.0 Å². The summed E-state index contributed by atoms with van der Waals surface area (Å²) in [7, 11) is 1.69. The Morgan fingerprint density at radius 1 is 1.39 bits per heavy atom. The number of oxime groups is 1. The van der Waals surface area contributed by atoms with Gasteiger partial charge in [-0.15, -0.1) is 0 Å². The van der Waals surface area contributed by atoms with Crippen LogP contribution in [-0.2, 0) is 9.47 Å². The van der Waals surface area contributed by atoms with Crippen LogP contribution in [0.3, 0.4) is 0 Å². The molecule has 6 heteroatoms. The second kappa shape index (κ2) is 11.3. The monoisotopic (exact) mass is 261 g/mol. The summed E-state index contributed by atoms with van der Waals surface area (Å²) in [4.78, 5) is 2.22. The highest BCUT2D eigenvalue weighted by molar-refractivity contribution is 5.82. The number of amidine groups is 1. The first-order valence-corrected chi connectivity index (χ1v) is 6.42. The van der Waals surface area contributed by atoms with Crippen molar-refractivity contribution in [1.82, 2.24) is 4.90 Å². The second-order valence-corrected chi connectivity index (χ2v) is 4.28. The van der Waals surface area contributed by atoms with Crippen LogP contribution in [0, 0.1) is 5.92 Å². The summed E-state index contributed by atoms with van der Waals surface area (Å²) in [6.45, 7) is 8.73. The van der Waals surface area contributed by atoms with E-state index in [0.29, 0.717) is 6.61 Å². The molecule has 0 aromatic rings. The Morgan fingerprint density at radius 2 is 2.11 bits per heavy atom. The van der Waals surface area contributed by atoms with Crippen LogP contribution in [0.25, 0.3) is 0 Å². The fraction of sp³-hybridized carbons (Fsp3) is 0.917. The van der Waals surface area contributed by atoms with Gasteiger partial charge in [-0.05, 0) is 13.0 Å². The Hall–Kier alpha value is -0.850. The van der Waals surface area contributed by atoms with E-state index in [1.807, 2.05) is 6.92 Å². The van der Waals surface area contributed by atoms with Crippen LogP contribution in [0.1, 0.15) is 20.3 Å². The van der Waals surface area contributed by atoms with Gasteiger partial charge in [0.15, 0.2) is 0 Å². The molecule has 0 heterocycles. The van der Waals surface area contributed by atoms with Gasteiger partial charge in [0.2, 0.25) is 0 Å². The molecule has 0 fully saturated rings. The quantitative estimate of drug-likeness (QED) is 0.188. The van der Waals surface area contributed by atoms with E-state index in [1.54, 1.807) is 7.11 Å². The molecule has 0 radical (unpaired) electrons. The van der Waals surface area contributed by atoms with E-state index in [-0.39, 0.29) is 11.8 Å². The summed E-state index contributed by atoms with van der Waals surface area (Å²) in [6, 6.07) is 0. The lowest BCUT2D eigenvalue weighted by Crippen LogP contribution is -2.36. The van der Waals surface area contributed by atoms with E-state index in [1.165, 1.54) is 0 Å². The van der Waals surface area contributed by atoms with Crippen LogP contribution in [0.5, 0.6) is 0 Å². The number of nitrogens with zero attached hydrogens (tertiary/aromatic N) is 2. The number of nitrogens with two attached hydrogens (primary N) is 1. The summed E-state index contributed by atoms with van der Waals surface area (Å²) < 4.78 is 10.4. The molecule has 0 aliphatic heterocycles.